The molecule has 3 aliphatic carbocycles. The van der Waals surface area contributed by atoms with Gasteiger partial charge in [-0.2, -0.15) is 21.0 Å². The van der Waals surface area contributed by atoms with Gasteiger partial charge < -0.3 is 0 Å². The summed E-state index contributed by atoms with van der Waals surface area (Å²) in [5, 5.41) is 59.6. The van der Waals surface area contributed by atoms with E-state index in [0.717, 1.165) is 99.8 Å². The molecule has 0 fully saturated rings. The zero-order chi connectivity index (χ0) is 25.2. The molecule has 2 atom stereocenters. The SMILES string of the molecule is N#CC1(C#N)C(n2nnc3c2CCCCCC3)C=CC(n2nnc3c2CCCCCC3)C1(C#N)C#N. The first-order valence-corrected chi connectivity index (χ1v) is 12.8. The zero-order valence-electron chi connectivity index (χ0n) is 20.3. The lowest BCUT2D eigenvalue weighted by atomic mass is 9.56. The lowest BCUT2D eigenvalue weighted by Gasteiger charge is -2.43. The minimum Gasteiger partial charge on any atom is -0.239 e. The Kier molecular flexibility index (Phi) is 6.29. The summed E-state index contributed by atoms with van der Waals surface area (Å²) in [7, 11) is 0. The van der Waals surface area contributed by atoms with Crippen LogP contribution in [0.15, 0.2) is 12.2 Å². The molecule has 0 saturated carbocycles. The van der Waals surface area contributed by atoms with Crippen LogP contribution in [-0.4, -0.2) is 30.0 Å². The summed E-state index contributed by atoms with van der Waals surface area (Å²) < 4.78 is 3.24. The van der Waals surface area contributed by atoms with Gasteiger partial charge in [0.15, 0.2) is 0 Å². The number of rotatable bonds is 2. The number of fused-ring (bicyclic) bond motifs is 2. The maximum atomic E-state index is 10.5. The summed E-state index contributed by atoms with van der Waals surface area (Å²) in [5.41, 5.74) is -0.554. The summed E-state index contributed by atoms with van der Waals surface area (Å²) in [6.07, 6.45) is 14.9. The fourth-order valence-electron chi connectivity index (χ4n) is 6.09. The van der Waals surface area contributed by atoms with E-state index in [9.17, 15) is 21.0 Å². The van der Waals surface area contributed by atoms with Crippen molar-refractivity contribution in [3.63, 3.8) is 0 Å². The van der Waals surface area contributed by atoms with Gasteiger partial charge in [0.1, 0.15) is 12.1 Å². The van der Waals surface area contributed by atoms with Crippen molar-refractivity contribution in [3.8, 4) is 24.3 Å². The number of aryl methyl sites for hydroxylation is 2. The van der Waals surface area contributed by atoms with Gasteiger partial charge in [-0.3, -0.25) is 0 Å². The first kappa shape index (κ1) is 23.7. The van der Waals surface area contributed by atoms with Gasteiger partial charge in [-0.15, -0.1) is 10.2 Å². The summed E-state index contributed by atoms with van der Waals surface area (Å²) in [5.74, 6) is 0. The van der Waals surface area contributed by atoms with E-state index in [1.165, 1.54) is 0 Å². The number of allylic oxidation sites excluding steroid dienone is 2. The van der Waals surface area contributed by atoms with E-state index < -0.39 is 22.9 Å². The molecule has 182 valence electrons. The third kappa shape index (κ3) is 3.41. The van der Waals surface area contributed by atoms with Gasteiger partial charge in [0.05, 0.1) is 47.1 Å². The van der Waals surface area contributed by atoms with Crippen LogP contribution in [0.25, 0.3) is 0 Å². The lowest BCUT2D eigenvalue weighted by Crippen LogP contribution is -2.52. The summed E-state index contributed by atoms with van der Waals surface area (Å²) >= 11 is 0. The Morgan fingerprint density at radius 1 is 0.583 bits per heavy atom. The van der Waals surface area contributed by atoms with E-state index >= 15 is 0 Å². The highest BCUT2D eigenvalue weighted by atomic mass is 15.5. The zero-order valence-corrected chi connectivity index (χ0v) is 20.3. The van der Waals surface area contributed by atoms with Crippen LogP contribution in [0.4, 0.5) is 0 Å². The standard InChI is InChI=1S/C26H28N10/c27-15-25(16-28)23(35-21-11-7-3-1-5-9-19(21)31-33-35)13-14-24(26(25,17-29)18-30)36-22-12-8-4-2-6-10-20(22)32-34-36/h13-14,23-24H,1-12H2. The first-order valence-electron chi connectivity index (χ1n) is 12.8. The second-order valence-corrected chi connectivity index (χ2v) is 10.0. The fraction of sp³-hybridized carbons (Fsp3) is 0.615. The Morgan fingerprint density at radius 2 is 0.944 bits per heavy atom. The quantitative estimate of drug-likeness (QED) is 0.590. The van der Waals surface area contributed by atoms with E-state index in [1.807, 2.05) is 0 Å². The molecule has 0 bridgehead atoms. The van der Waals surface area contributed by atoms with Crippen LogP contribution in [-0.2, 0) is 25.7 Å². The molecule has 5 rings (SSSR count). The van der Waals surface area contributed by atoms with Gasteiger partial charge in [0.2, 0.25) is 10.8 Å². The molecular weight excluding hydrogens is 452 g/mol. The predicted molar refractivity (Wildman–Crippen MR) is 126 cm³/mol. The van der Waals surface area contributed by atoms with Crippen LogP contribution in [0.5, 0.6) is 0 Å². The topological polar surface area (TPSA) is 157 Å². The average molecular weight is 481 g/mol. The molecule has 0 N–H and O–H groups in total. The molecule has 0 aromatic carbocycles. The van der Waals surface area contributed by atoms with E-state index in [1.54, 1.807) is 21.5 Å². The van der Waals surface area contributed by atoms with Gasteiger partial charge in [-0.25, -0.2) is 9.36 Å². The van der Waals surface area contributed by atoms with Crippen molar-refractivity contribution in [2.24, 2.45) is 10.8 Å². The Hall–Kier alpha value is -4.02. The molecule has 0 saturated heterocycles. The first-order chi connectivity index (χ1) is 17.7. The molecular formula is C26H28N10. The fourth-order valence-corrected chi connectivity index (χ4v) is 6.09. The number of aromatic nitrogens is 6. The maximum Gasteiger partial charge on any atom is 0.203 e. The number of hydrogen-bond donors (Lipinski definition) is 0. The number of nitriles is 4. The van der Waals surface area contributed by atoms with Crippen LogP contribution in [0.2, 0.25) is 0 Å². The molecule has 0 aliphatic heterocycles. The Morgan fingerprint density at radius 3 is 1.31 bits per heavy atom. The van der Waals surface area contributed by atoms with Crippen molar-refractivity contribution in [2.75, 3.05) is 0 Å². The molecule has 0 amide bonds. The third-order valence-electron chi connectivity index (χ3n) is 8.11. The number of nitrogens with zero attached hydrogens (tertiary/aromatic N) is 10. The molecule has 10 nitrogen and oxygen atoms in total. The van der Waals surface area contributed by atoms with Crippen LogP contribution in [0.1, 0.15) is 86.2 Å². The summed E-state index contributed by atoms with van der Waals surface area (Å²) in [4.78, 5) is 0. The minimum absolute atomic E-state index is 0.728. The molecule has 2 aromatic rings. The van der Waals surface area contributed by atoms with Crippen molar-refractivity contribution in [1.82, 2.24) is 30.0 Å². The Labute approximate surface area is 210 Å². The Balaban J connectivity index is 1.68. The van der Waals surface area contributed by atoms with Crippen molar-refractivity contribution in [3.05, 3.63) is 34.9 Å². The van der Waals surface area contributed by atoms with E-state index in [4.69, 9.17) is 0 Å². The second-order valence-electron chi connectivity index (χ2n) is 10.0. The highest BCUT2D eigenvalue weighted by Gasteiger charge is 2.66. The van der Waals surface area contributed by atoms with Crippen molar-refractivity contribution in [2.45, 2.75) is 89.1 Å². The van der Waals surface area contributed by atoms with Crippen LogP contribution >= 0.6 is 0 Å². The third-order valence-corrected chi connectivity index (χ3v) is 8.11. The van der Waals surface area contributed by atoms with Crippen LogP contribution in [0.3, 0.4) is 0 Å². The molecule has 3 aliphatic rings. The average Bonchev–Trinajstić information content (AvgIpc) is 3.44. The minimum atomic E-state index is -2.03. The van der Waals surface area contributed by atoms with Gasteiger partial charge in [0.25, 0.3) is 0 Å². The number of hydrogen-bond acceptors (Lipinski definition) is 8. The van der Waals surface area contributed by atoms with Crippen LogP contribution in [0, 0.1) is 56.2 Å². The van der Waals surface area contributed by atoms with E-state index in [2.05, 4.69) is 44.9 Å². The normalized spacial score (nSPS) is 24.7. The molecule has 0 radical (unpaired) electrons. The Bertz CT molecular complexity index is 1200. The van der Waals surface area contributed by atoms with E-state index in [0.29, 0.717) is 0 Å². The van der Waals surface area contributed by atoms with Gasteiger partial charge in [0, 0.05) is 0 Å². The molecule has 2 heterocycles. The molecule has 2 unspecified atom stereocenters. The second kappa shape index (κ2) is 9.56. The van der Waals surface area contributed by atoms with Crippen molar-refractivity contribution >= 4 is 0 Å². The molecule has 36 heavy (non-hydrogen) atoms. The largest absolute Gasteiger partial charge is 0.239 e. The lowest BCUT2D eigenvalue weighted by molar-refractivity contribution is 0.141. The maximum absolute atomic E-state index is 10.5. The van der Waals surface area contributed by atoms with Gasteiger partial charge in [-0.1, -0.05) is 48.3 Å². The van der Waals surface area contributed by atoms with Gasteiger partial charge >= 0.3 is 0 Å². The van der Waals surface area contributed by atoms with E-state index in [-0.39, 0.29) is 0 Å². The predicted octanol–water partition coefficient (Wildman–Crippen LogP) is 3.61. The molecule has 0 spiro atoms. The van der Waals surface area contributed by atoms with Crippen molar-refractivity contribution < 1.29 is 0 Å². The van der Waals surface area contributed by atoms with Crippen molar-refractivity contribution in [1.29, 1.82) is 21.0 Å². The highest BCUT2D eigenvalue weighted by Crippen LogP contribution is 2.57. The summed E-state index contributed by atoms with van der Waals surface area (Å²) in [6, 6.07) is 6.63. The van der Waals surface area contributed by atoms with Crippen LogP contribution < -0.4 is 0 Å². The molecule has 2 aromatic heterocycles. The summed E-state index contributed by atoms with van der Waals surface area (Å²) in [6.45, 7) is 0. The van der Waals surface area contributed by atoms with Gasteiger partial charge in [-0.05, 0) is 51.4 Å². The monoisotopic (exact) mass is 480 g/mol. The highest BCUT2D eigenvalue weighted by molar-refractivity contribution is 5.45. The molecule has 10 heteroatoms. The smallest absolute Gasteiger partial charge is 0.203 e.